The summed E-state index contributed by atoms with van der Waals surface area (Å²) in [6.45, 7) is 15.1. The lowest BCUT2D eigenvalue weighted by atomic mass is 9.70. The number of hydrogen-bond donors (Lipinski definition) is 2. The molecule has 12 nitrogen and oxygen atoms in total. The van der Waals surface area contributed by atoms with Crippen molar-refractivity contribution in [1.82, 2.24) is 20.0 Å². The van der Waals surface area contributed by atoms with Crippen LogP contribution in [-0.2, 0) is 33.4 Å². The molecule has 0 aromatic heterocycles. The molecule has 12 heteroatoms. The van der Waals surface area contributed by atoms with Crippen LogP contribution in [0.25, 0.3) is 0 Å². The summed E-state index contributed by atoms with van der Waals surface area (Å²) in [4.78, 5) is 59.6. The van der Waals surface area contributed by atoms with Crippen LogP contribution >= 0.6 is 0 Å². The number of esters is 1. The molecule has 4 aliphatic heterocycles. The van der Waals surface area contributed by atoms with Gasteiger partial charge in [-0.15, -0.1) is 13.2 Å². The van der Waals surface area contributed by atoms with Crippen molar-refractivity contribution in [3.8, 4) is 0 Å². The number of rotatable bonds is 16. The molecule has 0 aromatic carbocycles. The summed E-state index contributed by atoms with van der Waals surface area (Å²) in [5.74, 6) is -3.13. The number of carbonyl (C=O) groups is 4. The van der Waals surface area contributed by atoms with Gasteiger partial charge >= 0.3 is 5.97 Å². The Hall–Kier alpha value is -2.80. The first-order chi connectivity index (χ1) is 20.7. The summed E-state index contributed by atoms with van der Waals surface area (Å²) in [6.07, 6.45) is 4.40. The van der Waals surface area contributed by atoms with Gasteiger partial charge in [-0.05, 0) is 32.6 Å². The van der Waals surface area contributed by atoms with Crippen LogP contribution in [0.2, 0.25) is 0 Å². The van der Waals surface area contributed by atoms with Crippen LogP contribution in [0.4, 0.5) is 0 Å². The van der Waals surface area contributed by atoms with E-state index in [1.165, 1.54) is 4.90 Å². The van der Waals surface area contributed by atoms with Crippen LogP contribution in [0.5, 0.6) is 0 Å². The van der Waals surface area contributed by atoms with Crippen LogP contribution in [0.3, 0.4) is 0 Å². The first kappa shape index (κ1) is 33.1. The number of carbonyl (C=O) groups excluding carboxylic acids is 4. The van der Waals surface area contributed by atoms with Crippen LogP contribution in [-0.4, -0.2) is 132 Å². The van der Waals surface area contributed by atoms with Crippen LogP contribution < -0.4 is 5.32 Å². The van der Waals surface area contributed by atoms with E-state index in [4.69, 9.17) is 14.2 Å². The average molecular weight is 605 g/mol. The van der Waals surface area contributed by atoms with Gasteiger partial charge in [0.25, 0.3) is 0 Å². The predicted octanol–water partition coefficient (Wildman–Crippen LogP) is 0.493. The Morgan fingerprint density at radius 1 is 1.26 bits per heavy atom. The van der Waals surface area contributed by atoms with E-state index >= 15 is 0 Å². The molecule has 0 aromatic rings. The summed E-state index contributed by atoms with van der Waals surface area (Å²) in [6, 6.07) is -1.58. The van der Waals surface area contributed by atoms with Crippen molar-refractivity contribution in [3.63, 3.8) is 0 Å². The largest absolute Gasteiger partial charge is 0.460 e. The molecular weight excluding hydrogens is 556 g/mol. The van der Waals surface area contributed by atoms with Crippen molar-refractivity contribution < 1.29 is 38.5 Å². The third-order valence-electron chi connectivity index (χ3n) is 9.25. The summed E-state index contributed by atoms with van der Waals surface area (Å²) < 4.78 is 17.7. The molecule has 0 radical (unpaired) electrons. The van der Waals surface area contributed by atoms with Gasteiger partial charge < -0.3 is 34.4 Å². The van der Waals surface area contributed by atoms with Gasteiger partial charge in [0.1, 0.15) is 17.7 Å². The zero-order chi connectivity index (χ0) is 31.1. The highest BCUT2D eigenvalue weighted by Crippen LogP contribution is 2.59. The molecule has 4 rings (SSSR count). The van der Waals surface area contributed by atoms with Crippen molar-refractivity contribution in [1.29, 1.82) is 0 Å². The second kappa shape index (κ2) is 14.8. The molecule has 1 spiro atoms. The summed E-state index contributed by atoms with van der Waals surface area (Å²) >= 11 is 0. The second-order valence-corrected chi connectivity index (χ2v) is 12.0. The fourth-order valence-electron chi connectivity index (χ4n) is 7.05. The zero-order valence-electron chi connectivity index (χ0n) is 25.6. The van der Waals surface area contributed by atoms with E-state index in [1.807, 2.05) is 6.92 Å². The first-order valence-electron chi connectivity index (χ1n) is 15.6. The van der Waals surface area contributed by atoms with Crippen molar-refractivity contribution in [2.75, 3.05) is 59.1 Å². The minimum Gasteiger partial charge on any atom is -0.460 e. The van der Waals surface area contributed by atoms with Crippen molar-refractivity contribution in [2.45, 2.75) is 75.8 Å². The quantitative estimate of drug-likeness (QED) is 0.191. The molecule has 4 heterocycles. The number of likely N-dealkylation sites (tertiary alicyclic amines) is 1. The Labute approximate surface area is 254 Å². The summed E-state index contributed by atoms with van der Waals surface area (Å²) in [5.41, 5.74) is -1.19. The lowest BCUT2D eigenvalue weighted by Crippen LogP contribution is -2.59. The van der Waals surface area contributed by atoms with E-state index in [1.54, 1.807) is 24.0 Å². The van der Waals surface area contributed by atoms with Gasteiger partial charge in [0.2, 0.25) is 17.7 Å². The summed E-state index contributed by atoms with van der Waals surface area (Å²) in [7, 11) is 0. The standard InChI is InChI=1S/C31H48N4O8/c1-5-8-9-24(37)32-19-21(4)42-30(40)25-23-10-11-31(43-23)26(25)28(38)35(22(7-3)20-36)27(31)29(39)34(12-6-2)14-13-33-15-17-41-18-16-33/h5-6,21-23,25-27,36H,1-2,7-20H2,3-4H3,(H,32,37)/t21-,22-,23+,25-,26-,27+,31-/m0/s1. The smallest absolute Gasteiger partial charge is 0.312 e. The fourth-order valence-corrected chi connectivity index (χ4v) is 7.05. The molecule has 240 valence electrons. The molecule has 0 aliphatic carbocycles. The maximum Gasteiger partial charge on any atom is 0.312 e. The number of nitrogens with one attached hydrogen (secondary N) is 1. The van der Waals surface area contributed by atoms with Crippen molar-refractivity contribution >= 4 is 23.7 Å². The van der Waals surface area contributed by atoms with E-state index in [2.05, 4.69) is 23.4 Å². The topological polar surface area (TPSA) is 138 Å². The number of amides is 3. The number of hydrogen-bond acceptors (Lipinski definition) is 9. The third kappa shape index (κ3) is 6.82. The van der Waals surface area contributed by atoms with E-state index < -0.39 is 47.7 Å². The average Bonchev–Trinajstić information content (AvgIpc) is 3.65. The molecule has 4 aliphatic rings. The van der Waals surface area contributed by atoms with Crippen molar-refractivity contribution in [3.05, 3.63) is 25.3 Å². The lowest BCUT2D eigenvalue weighted by molar-refractivity contribution is -0.160. The minimum atomic E-state index is -1.19. The fraction of sp³-hybridized carbons (Fsp3) is 0.742. The number of fused-ring (bicyclic) bond motifs is 1. The molecule has 43 heavy (non-hydrogen) atoms. The van der Waals surface area contributed by atoms with Crippen LogP contribution in [0, 0.1) is 11.8 Å². The molecule has 0 saturated carbocycles. The second-order valence-electron chi connectivity index (χ2n) is 12.0. The Kier molecular flexibility index (Phi) is 11.4. The van der Waals surface area contributed by atoms with Gasteiger partial charge in [0, 0.05) is 39.1 Å². The third-order valence-corrected chi connectivity index (χ3v) is 9.25. The van der Waals surface area contributed by atoms with Gasteiger partial charge in [-0.1, -0.05) is 19.1 Å². The van der Waals surface area contributed by atoms with E-state index in [9.17, 15) is 24.3 Å². The molecule has 7 atom stereocenters. The Morgan fingerprint density at radius 3 is 2.65 bits per heavy atom. The Balaban J connectivity index is 1.55. The summed E-state index contributed by atoms with van der Waals surface area (Å²) in [5, 5.41) is 13.0. The predicted molar refractivity (Wildman–Crippen MR) is 158 cm³/mol. The normalized spacial score (nSPS) is 29.6. The first-order valence-corrected chi connectivity index (χ1v) is 15.6. The van der Waals surface area contributed by atoms with E-state index in [0.29, 0.717) is 65.0 Å². The van der Waals surface area contributed by atoms with Crippen molar-refractivity contribution in [2.24, 2.45) is 11.8 Å². The molecule has 0 unspecified atom stereocenters. The molecule has 4 saturated heterocycles. The maximum absolute atomic E-state index is 14.4. The zero-order valence-corrected chi connectivity index (χ0v) is 25.6. The van der Waals surface area contributed by atoms with E-state index in [-0.39, 0.29) is 30.9 Å². The number of nitrogens with zero attached hydrogens (tertiary/aromatic N) is 3. The molecule has 2 N–H and O–H groups in total. The Bertz CT molecular complexity index is 1040. The highest BCUT2D eigenvalue weighted by molar-refractivity contribution is 5.98. The monoisotopic (exact) mass is 604 g/mol. The SMILES string of the molecule is C=CCCC(=O)NC[C@H](C)OC(=O)[C@@H]1[C@H]2C(=O)N([C@@H](CC)CO)[C@H](C(=O)N(CC=C)CCN3CCOCC3)[C@]23CC[C@H]1O3. The van der Waals surface area contributed by atoms with Gasteiger partial charge in [0.05, 0.1) is 50.3 Å². The number of ether oxygens (including phenoxy) is 3. The van der Waals surface area contributed by atoms with Gasteiger partial charge in [-0.3, -0.25) is 24.1 Å². The number of allylic oxidation sites excluding steroid dienone is 1. The van der Waals surface area contributed by atoms with Gasteiger partial charge in [0.15, 0.2) is 0 Å². The number of aliphatic hydroxyl groups is 1. The Morgan fingerprint density at radius 2 is 2.00 bits per heavy atom. The molecule has 3 amide bonds. The molecule has 2 bridgehead atoms. The van der Waals surface area contributed by atoms with Gasteiger partial charge in [-0.2, -0.15) is 0 Å². The maximum atomic E-state index is 14.4. The minimum absolute atomic E-state index is 0.138. The van der Waals surface area contributed by atoms with Gasteiger partial charge in [-0.25, -0.2) is 0 Å². The highest BCUT2D eigenvalue weighted by atomic mass is 16.6. The number of morpholine rings is 1. The lowest BCUT2D eigenvalue weighted by Gasteiger charge is -2.39. The van der Waals surface area contributed by atoms with Crippen LogP contribution in [0.15, 0.2) is 25.3 Å². The molecular formula is C31H48N4O8. The molecule has 4 fully saturated rings. The van der Waals surface area contributed by atoms with E-state index in [0.717, 1.165) is 13.1 Å². The van der Waals surface area contributed by atoms with Crippen LogP contribution in [0.1, 0.15) is 46.0 Å². The highest BCUT2D eigenvalue weighted by Gasteiger charge is 2.75. The number of aliphatic hydroxyl groups excluding tert-OH is 1.